The van der Waals surface area contributed by atoms with Crippen LogP contribution in [0.3, 0.4) is 0 Å². The van der Waals surface area contributed by atoms with Gasteiger partial charge in [-0.15, -0.1) is 10.2 Å². The standard InChI is InChI=1S/C19H19ClN4O2S/c1-13-16(7-10-26-13)18-21-22-19(24(18)15-6-4-5-14(20)11-15)27-12-17(25)23-8-2-3-9-23/h4-7,10-11H,2-3,8-9,12H2,1H3. The molecule has 1 fully saturated rings. The lowest BCUT2D eigenvalue weighted by atomic mass is 10.2. The number of thioether (sulfide) groups is 1. The summed E-state index contributed by atoms with van der Waals surface area (Å²) in [6.07, 6.45) is 3.80. The summed E-state index contributed by atoms with van der Waals surface area (Å²) in [5.74, 6) is 1.90. The van der Waals surface area contributed by atoms with Gasteiger partial charge in [-0.05, 0) is 44.0 Å². The molecule has 1 aliphatic heterocycles. The maximum atomic E-state index is 12.4. The molecule has 1 saturated heterocycles. The van der Waals surface area contributed by atoms with Crippen molar-refractivity contribution in [3.63, 3.8) is 0 Å². The van der Waals surface area contributed by atoms with Crippen LogP contribution in [0.5, 0.6) is 0 Å². The largest absolute Gasteiger partial charge is 0.469 e. The van der Waals surface area contributed by atoms with Gasteiger partial charge in [0.1, 0.15) is 5.76 Å². The number of furan rings is 1. The Kier molecular flexibility index (Phi) is 5.22. The Morgan fingerprint density at radius 3 is 2.78 bits per heavy atom. The molecule has 1 aromatic carbocycles. The van der Waals surface area contributed by atoms with Gasteiger partial charge in [-0.3, -0.25) is 9.36 Å². The fourth-order valence-corrected chi connectivity index (χ4v) is 4.23. The van der Waals surface area contributed by atoms with Crippen LogP contribution in [0.1, 0.15) is 18.6 Å². The van der Waals surface area contributed by atoms with Crippen LogP contribution < -0.4 is 0 Å². The smallest absolute Gasteiger partial charge is 0.233 e. The average Bonchev–Trinajstić information content (AvgIpc) is 3.40. The molecule has 0 bridgehead atoms. The number of likely N-dealkylation sites (tertiary alicyclic amines) is 1. The Morgan fingerprint density at radius 2 is 2.07 bits per heavy atom. The summed E-state index contributed by atoms with van der Waals surface area (Å²) >= 11 is 7.59. The van der Waals surface area contributed by atoms with Crippen LogP contribution in [0.25, 0.3) is 17.1 Å². The summed E-state index contributed by atoms with van der Waals surface area (Å²) in [6, 6.07) is 9.37. The first kappa shape index (κ1) is 18.1. The van der Waals surface area contributed by atoms with E-state index in [0.29, 0.717) is 21.8 Å². The van der Waals surface area contributed by atoms with Crippen molar-refractivity contribution < 1.29 is 9.21 Å². The van der Waals surface area contributed by atoms with Gasteiger partial charge >= 0.3 is 0 Å². The summed E-state index contributed by atoms with van der Waals surface area (Å²) in [5, 5.41) is 9.98. The van der Waals surface area contributed by atoms with Crippen LogP contribution in [-0.4, -0.2) is 44.4 Å². The molecule has 8 heteroatoms. The molecule has 3 heterocycles. The third-order valence-electron chi connectivity index (χ3n) is 4.58. The van der Waals surface area contributed by atoms with Crippen LogP contribution in [0.4, 0.5) is 0 Å². The van der Waals surface area contributed by atoms with E-state index in [0.717, 1.165) is 42.9 Å². The first-order valence-electron chi connectivity index (χ1n) is 8.80. The number of nitrogens with zero attached hydrogens (tertiary/aromatic N) is 4. The predicted molar refractivity (Wildman–Crippen MR) is 105 cm³/mol. The Balaban J connectivity index is 1.68. The van der Waals surface area contributed by atoms with E-state index in [1.165, 1.54) is 11.8 Å². The van der Waals surface area contributed by atoms with E-state index in [4.69, 9.17) is 16.0 Å². The monoisotopic (exact) mass is 402 g/mol. The predicted octanol–water partition coefficient (Wildman–Crippen LogP) is 4.20. The van der Waals surface area contributed by atoms with E-state index < -0.39 is 0 Å². The second-order valence-electron chi connectivity index (χ2n) is 6.39. The van der Waals surface area contributed by atoms with Gasteiger partial charge in [-0.2, -0.15) is 0 Å². The van der Waals surface area contributed by atoms with Gasteiger partial charge in [0, 0.05) is 18.1 Å². The zero-order valence-electron chi connectivity index (χ0n) is 14.9. The highest BCUT2D eigenvalue weighted by atomic mass is 35.5. The first-order chi connectivity index (χ1) is 13.1. The van der Waals surface area contributed by atoms with Crippen molar-refractivity contribution in [1.82, 2.24) is 19.7 Å². The third-order valence-corrected chi connectivity index (χ3v) is 5.73. The molecule has 0 atom stereocenters. The Labute approximate surface area is 166 Å². The molecule has 0 saturated carbocycles. The SMILES string of the molecule is Cc1occc1-c1nnc(SCC(=O)N2CCCC2)n1-c1cccc(Cl)c1. The quantitative estimate of drug-likeness (QED) is 0.598. The number of benzene rings is 1. The molecule has 0 radical (unpaired) electrons. The van der Waals surface area contributed by atoms with Crippen molar-refractivity contribution in [2.24, 2.45) is 0 Å². The lowest BCUT2D eigenvalue weighted by Gasteiger charge is -2.15. The van der Waals surface area contributed by atoms with Crippen LogP contribution in [0, 0.1) is 6.92 Å². The molecule has 140 valence electrons. The summed E-state index contributed by atoms with van der Waals surface area (Å²) < 4.78 is 7.36. The lowest BCUT2D eigenvalue weighted by molar-refractivity contribution is -0.127. The van der Waals surface area contributed by atoms with Crippen LogP contribution in [-0.2, 0) is 4.79 Å². The van der Waals surface area contributed by atoms with Gasteiger partial charge in [0.05, 0.1) is 23.3 Å². The van der Waals surface area contributed by atoms with E-state index in [2.05, 4.69) is 10.2 Å². The minimum Gasteiger partial charge on any atom is -0.469 e. The highest BCUT2D eigenvalue weighted by Crippen LogP contribution is 2.31. The topological polar surface area (TPSA) is 64.2 Å². The average molecular weight is 403 g/mol. The first-order valence-corrected chi connectivity index (χ1v) is 10.2. The highest BCUT2D eigenvalue weighted by Gasteiger charge is 2.22. The molecule has 1 aliphatic rings. The molecule has 6 nitrogen and oxygen atoms in total. The Morgan fingerprint density at radius 1 is 1.26 bits per heavy atom. The van der Waals surface area contributed by atoms with E-state index >= 15 is 0 Å². The highest BCUT2D eigenvalue weighted by molar-refractivity contribution is 7.99. The minimum absolute atomic E-state index is 0.138. The number of aryl methyl sites for hydroxylation is 1. The van der Waals surface area contributed by atoms with Crippen LogP contribution in [0.15, 0.2) is 46.2 Å². The molecule has 3 aromatic rings. The van der Waals surface area contributed by atoms with Gasteiger partial charge in [-0.1, -0.05) is 29.4 Å². The molecule has 0 aliphatic carbocycles. The number of hydrogen-bond acceptors (Lipinski definition) is 5. The molecule has 0 unspecified atom stereocenters. The zero-order valence-corrected chi connectivity index (χ0v) is 16.5. The van der Waals surface area contributed by atoms with Gasteiger partial charge in [-0.25, -0.2) is 0 Å². The van der Waals surface area contributed by atoms with E-state index in [1.807, 2.05) is 46.7 Å². The number of amides is 1. The van der Waals surface area contributed by atoms with Crippen LogP contribution in [0.2, 0.25) is 5.02 Å². The second-order valence-corrected chi connectivity index (χ2v) is 7.77. The Bertz CT molecular complexity index is 962. The number of carbonyl (C=O) groups is 1. The van der Waals surface area contributed by atoms with Crippen molar-refractivity contribution in [1.29, 1.82) is 0 Å². The molecule has 1 amide bonds. The normalized spacial score (nSPS) is 14.1. The molecule has 0 spiro atoms. The number of hydrogen-bond donors (Lipinski definition) is 0. The van der Waals surface area contributed by atoms with Gasteiger partial charge in [0.15, 0.2) is 11.0 Å². The van der Waals surface area contributed by atoms with Gasteiger partial charge in [0.25, 0.3) is 0 Å². The maximum absolute atomic E-state index is 12.4. The van der Waals surface area contributed by atoms with Crippen molar-refractivity contribution >= 4 is 29.3 Å². The minimum atomic E-state index is 0.138. The van der Waals surface area contributed by atoms with E-state index in [9.17, 15) is 4.79 Å². The van der Waals surface area contributed by atoms with Crippen molar-refractivity contribution in [3.05, 3.63) is 47.4 Å². The van der Waals surface area contributed by atoms with E-state index in [1.54, 1.807) is 6.26 Å². The molecular weight excluding hydrogens is 384 g/mol. The summed E-state index contributed by atoms with van der Waals surface area (Å²) in [6.45, 7) is 3.58. The van der Waals surface area contributed by atoms with Crippen molar-refractivity contribution in [3.8, 4) is 17.1 Å². The second kappa shape index (κ2) is 7.78. The molecule has 27 heavy (non-hydrogen) atoms. The number of carbonyl (C=O) groups excluding carboxylic acids is 1. The van der Waals surface area contributed by atoms with E-state index in [-0.39, 0.29) is 5.91 Å². The van der Waals surface area contributed by atoms with Crippen molar-refractivity contribution in [2.75, 3.05) is 18.8 Å². The third kappa shape index (κ3) is 3.75. The molecule has 4 rings (SSSR count). The van der Waals surface area contributed by atoms with Gasteiger partial charge < -0.3 is 9.32 Å². The Hall–Kier alpha value is -2.25. The van der Waals surface area contributed by atoms with Crippen LogP contribution >= 0.6 is 23.4 Å². The molecular formula is C19H19ClN4O2S. The zero-order chi connectivity index (χ0) is 18.8. The summed E-state index contributed by atoms with van der Waals surface area (Å²) in [5.41, 5.74) is 1.71. The number of halogens is 1. The summed E-state index contributed by atoms with van der Waals surface area (Å²) in [4.78, 5) is 14.3. The van der Waals surface area contributed by atoms with Crippen molar-refractivity contribution in [2.45, 2.75) is 24.9 Å². The molecule has 0 N–H and O–H groups in total. The molecule has 2 aromatic heterocycles. The van der Waals surface area contributed by atoms with Gasteiger partial charge in [0.2, 0.25) is 5.91 Å². The number of rotatable bonds is 5. The number of aromatic nitrogens is 3. The fourth-order valence-electron chi connectivity index (χ4n) is 3.19. The lowest BCUT2D eigenvalue weighted by Crippen LogP contribution is -2.29. The maximum Gasteiger partial charge on any atom is 0.233 e. The summed E-state index contributed by atoms with van der Waals surface area (Å²) in [7, 11) is 0. The fraction of sp³-hybridized carbons (Fsp3) is 0.316.